The molecule has 0 radical (unpaired) electrons. The SMILES string of the molecule is Cc1cc(N2CCNCC2)cnc1N1CCN2C(C)CN(c3cc(=O)n(C)c4ncccc34)CC2C1. The van der Waals surface area contributed by atoms with Gasteiger partial charge >= 0.3 is 0 Å². The first-order valence-electron chi connectivity index (χ1n) is 13.1. The summed E-state index contributed by atoms with van der Waals surface area (Å²) in [6, 6.07) is 8.89. The van der Waals surface area contributed by atoms with Crippen molar-refractivity contribution in [3.8, 4) is 0 Å². The maximum atomic E-state index is 12.7. The van der Waals surface area contributed by atoms with Crippen molar-refractivity contribution >= 4 is 28.2 Å². The van der Waals surface area contributed by atoms with Gasteiger partial charge in [0.05, 0.1) is 17.6 Å². The largest absolute Gasteiger partial charge is 0.368 e. The van der Waals surface area contributed by atoms with Crippen molar-refractivity contribution in [3.05, 3.63) is 52.6 Å². The van der Waals surface area contributed by atoms with Crippen LogP contribution < -0.4 is 25.6 Å². The third kappa shape index (κ3) is 4.10. The fraction of sp³-hybridized carbons (Fsp3) is 0.519. The molecule has 2 unspecified atom stereocenters. The van der Waals surface area contributed by atoms with Crippen LogP contribution in [-0.4, -0.2) is 90.4 Å². The van der Waals surface area contributed by atoms with E-state index in [1.807, 2.05) is 6.07 Å². The van der Waals surface area contributed by atoms with Gasteiger partial charge in [0.15, 0.2) is 0 Å². The fourth-order valence-electron chi connectivity index (χ4n) is 6.26. The van der Waals surface area contributed by atoms with Crippen LogP contribution in [0.15, 0.2) is 41.5 Å². The molecule has 36 heavy (non-hydrogen) atoms. The number of piperazine rings is 3. The van der Waals surface area contributed by atoms with Crippen LogP contribution in [0.4, 0.5) is 17.2 Å². The minimum absolute atomic E-state index is 0.0130. The van der Waals surface area contributed by atoms with Gasteiger partial charge in [-0.3, -0.25) is 14.3 Å². The number of nitrogens with zero attached hydrogens (tertiary/aromatic N) is 7. The Bertz CT molecular complexity index is 1320. The van der Waals surface area contributed by atoms with Crippen LogP contribution in [0.5, 0.6) is 0 Å². The monoisotopic (exact) mass is 488 g/mol. The first kappa shape index (κ1) is 23.2. The third-order valence-corrected chi connectivity index (χ3v) is 8.14. The smallest absolute Gasteiger partial charge is 0.253 e. The molecule has 0 aliphatic carbocycles. The minimum atomic E-state index is -0.0130. The van der Waals surface area contributed by atoms with E-state index in [-0.39, 0.29) is 5.56 Å². The predicted molar refractivity (Wildman–Crippen MR) is 145 cm³/mol. The molecule has 9 heteroatoms. The van der Waals surface area contributed by atoms with Gasteiger partial charge in [0, 0.05) is 95.7 Å². The van der Waals surface area contributed by atoms with Gasteiger partial charge in [0.2, 0.25) is 0 Å². The molecule has 3 aromatic rings. The lowest BCUT2D eigenvalue weighted by Gasteiger charge is -2.51. The molecule has 190 valence electrons. The highest BCUT2D eigenvalue weighted by Gasteiger charge is 2.37. The molecule has 0 aromatic carbocycles. The first-order chi connectivity index (χ1) is 17.5. The van der Waals surface area contributed by atoms with Crippen molar-refractivity contribution in [2.24, 2.45) is 7.05 Å². The molecule has 0 saturated carbocycles. The van der Waals surface area contributed by atoms with Crippen molar-refractivity contribution in [3.63, 3.8) is 0 Å². The summed E-state index contributed by atoms with van der Waals surface area (Å²) in [7, 11) is 1.80. The van der Waals surface area contributed by atoms with Crippen LogP contribution in [0.1, 0.15) is 12.5 Å². The van der Waals surface area contributed by atoms with E-state index >= 15 is 0 Å². The van der Waals surface area contributed by atoms with Gasteiger partial charge in [-0.1, -0.05) is 0 Å². The number of nitrogens with one attached hydrogen (secondary N) is 1. The molecule has 3 aliphatic rings. The minimum Gasteiger partial charge on any atom is -0.368 e. The molecular formula is C27H36N8O. The molecule has 6 heterocycles. The molecule has 0 spiro atoms. The van der Waals surface area contributed by atoms with Crippen molar-refractivity contribution in [2.45, 2.75) is 25.9 Å². The third-order valence-electron chi connectivity index (χ3n) is 8.14. The normalized spacial score (nSPS) is 23.2. The zero-order valence-corrected chi connectivity index (χ0v) is 21.5. The van der Waals surface area contributed by atoms with Gasteiger partial charge in [-0.25, -0.2) is 9.97 Å². The number of aryl methyl sites for hydroxylation is 2. The molecule has 3 saturated heterocycles. The molecule has 0 amide bonds. The summed E-state index contributed by atoms with van der Waals surface area (Å²) >= 11 is 0. The molecule has 9 nitrogen and oxygen atoms in total. The molecule has 1 N–H and O–H groups in total. The van der Waals surface area contributed by atoms with Crippen molar-refractivity contribution in [2.75, 3.05) is 73.6 Å². The van der Waals surface area contributed by atoms with E-state index in [1.165, 1.54) is 11.3 Å². The summed E-state index contributed by atoms with van der Waals surface area (Å²) in [5.41, 5.74) is 4.19. The summed E-state index contributed by atoms with van der Waals surface area (Å²) in [6.45, 7) is 13.3. The van der Waals surface area contributed by atoms with Crippen molar-refractivity contribution in [1.29, 1.82) is 0 Å². The summed E-state index contributed by atoms with van der Waals surface area (Å²) in [5.74, 6) is 1.10. The number of fused-ring (bicyclic) bond motifs is 2. The quantitative estimate of drug-likeness (QED) is 0.594. The fourth-order valence-corrected chi connectivity index (χ4v) is 6.26. The molecule has 3 fully saturated rings. The lowest BCUT2D eigenvalue weighted by molar-refractivity contribution is 0.108. The Balaban J connectivity index is 1.25. The number of rotatable bonds is 3. The molecule has 6 rings (SSSR count). The molecule has 0 bridgehead atoms. The maximum Gasteiger partial charge on any atom is 0.253 e. The second-order valence-electron chi connectivity index (χ2n) is 10.5. The van der Waals surface area contributed by atoms with Crippen molar-refractivity contribution < 1.29 is 0 Å². The van der Waals surface area contributed by atoms with Crippen molar-refractivity contribution in [1.82, 2.24) is 24.8 Å². The Hall–Kier alpha value is -3.17. The Labute approximate surface area is 212 Å². The zero-order chi connectivity index (χ0) is 24.8. The van der Waals surface area contributed by atoms with Crippen LogP contribution in [0, 0.1) is 6.92 Å². The predicted octanol–water partition coefficient (Wildman–Crippen LogP) is 1.45. The number of pyridine rings is 3. The van der Waals surface area contributed by atoms with Crippen LogP contribution in [0.2, 0.25) is 0 Å². The maximum absolute atomic E-state index is 12.7. The van der Waals surface area contributed by atoms with E-state index in [1.54, 1.807) is 23.9 Å². The standard InChI is InChI=1S/C27H36N8O/c1-19-13-21(32-9-7-28-8-10-32)15-30-26(19)33-11-12-35-20(2)16-34(18-22(35)17-33)24-14-25(36)31(3)27-23(24)5-4-6-29-27/h4-6,13-15,20,22,28H,7-12,16-18H2,1-3H3. The van der Waals surface area contributed by atoms with Crippen LogP contribution in [0.25, 0.3) is 11.0 Å². The van der Waals surface area contributed by atoms with E-state index in [2.05, 4.69) is 62.1 Å². The van der Waals surface area contributed by atoms with E-state index in [4.69, 9.17) is 4.98 Å². The van der Waals surface area contributed by atoms with E-state index in [0.29, 0.717) is 12.1 Å². The number of anilines is 3. The average Bonchev–Trinajstić information content (AvgIpc) is 2.91. The van der Waals surface area contributed by atoms with Crippen LogP contribution in [-0.2, 0) is 7.05 Å². The highest BCUT2D eigenvalue weighted by atomic mass is 16.1. The zero-order valence-electron chi connectivity index (χ0n) is 21.5. The topological polar surface area (TPSA) is 72.8 Å². The number of aromatic nitrogens is 3. The Morgan fingerprint density at radius 1 is 0.972 bits per heavy atom. The summed E-state index contributed by atoms with van der Waals surface area (Å²) in [6.07, 6.45) is 3.81. The van der Waals surface area contributed by atoms with Gasteiger partial charge in [0.1, 0.15) is 11.5 Å². The number of hydrogen-bond donors (Lipinski definition) is 1. The summed E-state index contributed by atoms with van der Waals surface area (Å²) in [4.78, 5) is 32.1. The second kappa shape index (κ2) is 9.37. The Morgan fingerprint density at radius 3 is 2.58 bits per heavy atom. The lowest BCUT2D eigenvalue weighted by Crippen LogP contribution is -2.65. The van der Waals surface area contributed by atoms with Crippen LogP contribution in [0.3, 0.4) is 0 Å². The Morgan fingerprint density at radius 2 is 1.78 bits per heavy atom. The molecule has 3 aromatic heterocycles. The second-order valence-corrected chi connectivity index (χ2v) is 10.5. The number of hydrogen-bond acceptors (Lipinski definition) is 8. The van der Waals surface area contributed by atoms with Gasteiger partial charge in [-0.05, 0) is 37.6 Å². The van der Waals surface area contributed by atoms with Gasteiger partial charge in [0.25, 0.3) is 5.56 Å². The van der Waals surface area contributed by atoms with E-state index < -0.39 is 0 Å². The lowest BCUT2D eigenvalue weighted by atomic mass is 10.0. The van der Waals surface area contributed by atoms with E-state index in [9.17, 15) is 4.79 Å². The molecule has 2 atom stereocenters. The summed E-state index contributed by atoms with van der Waals surface area (Å²) < 4.78 is 1.64. The Kier molecular flexibility index (Phi) is 6.05. The van der Waals surface area contributed by atoms with Crippen LogP contribution >= 0.6 is 0 Å². The van der Waals surface area contributed by atoms with E-state index in [0.717, 1.165) is 81.4 Å². The first-order valence-corrected chi connectivity index (χ1v) is 13.1. The summed E-state index contributed by atoms with van der Waals surface area (Å²) in [5, 5.41) is 4.46. The molecular weight excluding hydrogens is 452 g/mol. The molecule has 3 aliphatic heterocycles. The average molecular weight is 489 g/mol. The van der Waals surface area contributed by atoms with Gasteiger partial charge in [-0.2, -0.15) is 0 Å². The van der Waals surface area contributed by atoms with Gasteiger partial charge in [-0.15, -0.1) is 0 Å². The highest BCUT2D eigenvalue weighted by molar-refractivity contribution is 5.89. The highest BCUT2D eigenvalue weighted by Crippen LogP contribution is 2.31. The van der Waals surface area contributed by atoms with Gasteiger partial charge < -0.3 is 20.0 Å².